The van der Waals surface area contributed by atoms with Crippen molar-refractivity contribution in [2.24, 2.45) is 0 Å². The number of hydrogen-bond donors (Lipinski definition) is 0. The number of pyridine rings is 1. The Morgan fingerprint density at radius 2 is 1.88 bits per heavy atom. The van der Waals surface area contributed by atoms with Crippen molar-refractivity contribution in [2.75, 3.05) is 0 Å². The lowest BCUT2D eigenvalue weighted by Gasteiger charge is -2.00. The predicted octanol–water partition coefficient (Wildman–Crippen LogP) is 3.16. The van der Waals surface area contributed by atoms with Gasteiger partial charge >= 0.3 is 0 Å². The highest BCUT2D eigenvalue weighted by molar-refractivity contribution is 6.30. The zero-order chi connectivity index (χ0) is 11.4. The van der Waals surface area contributed by atoms with E-state index in [0.29, 0.717) is 17.1 Å². The van der Waals surface area contributed by atoms with Gasteiger partial charge in [0.15, 0.2) is 5.78 Å². The van der Waals surface area contributed by atoms with E-state index in [9.17, 15) is 4.79 Å². The highest BCUT2D eigenvalue weighted by Crippen LogP contribution is 2.11. The van der Waals surface area contributed by atoms with Crippen molar-refractivity contribution in [2.45, 2.75) is 6.42 Å². The van der Waals surface area contributed by atoms with E-state index in [2.05, 4.69) is 4.98 Å². The first-order valence-electron chi connectivity index (χ1n) is 4.94. The van der Waals surface area contributed by atoms with Gasteiger partial charge in [-0.25, -0.2) is 0 Å². The molecule has 16 heavy (non-hydrogen) atoms. The lowest BCUT2D eigenvalue weighted by atomic mass is 10.1. The van der Waals surface area contributed by atoms with Crippen molar-refractivity contribution < 1.29 is 4.79 Å². The second-order valence-corrected chi connectivity index (χ2v) is 3.88. The summed E-state index contributed by atoms with van der Waals surface area (Å²) in [6, 6.07) is 12.6. The van der Waals surface area contributed by atoms with Crippen molar-refractivity contribution in [3.63, 3.8) is 0 Å². The predicted molar refractivity (Wildman–Crippen MR) is 63.7 cm³/mol. The Kier molecular flexibility index (Phi) is 3.32. The number of aromatic nitrogens is 1. The van der Waals surface area contributed by atoms with Crippen molar-refractivity contribution in [1.82, 2.24) is 4.98 Å². The number of rotatable bonds is 3. The Morgan fingerprint density at radius 3 is 2.50 bits per heavy atom. The van der Waals surface area contributed by atoms with Crippen molar-refractivity contribution in [1.29, 1.82) is 0 Å². The molecule has 1 aromatic carbocycles. The third kappa shape index (κ3) is 2.67. The van der Waals surface area contributed by atoms with Crippen LogP contribution in [0.4, 0.5) is 0 Å². The molecule has 0 saturated carbocycles. The number of ketones is 1. The number of nitrogens with zero attached hydrogens (tertiary/aromatic N) is 1. The van der Waals surface area contributed by atoms with Crippen LogP contribution >= 0.6 is 11.6 Å². The molecular formula is C13H10ClNO. The van der Waals surface area contributed by atoms with E-state index in [0.717, 1.165) is 5.56 Å². The number of halogens is 1. The maximum atomic E-state index is 11.8. The van der Waals surface area contributed by atoms with E-state index in [1.165, 1.54) is 0 Å². The molecule has 0 radical (unpaired) electrons. The van der Waals surface area contributed by atoms with E-state index in [4.69, 9.17) is 11.6 Å². The van der Waals surface area contributed by atoms with Gasteiger partial charge in [0.2, 0.25) is 0 Å². The van der Waals surface area contributed by atoms with E-state index in [1.54, 1.807) is 30.5 Å². The van der Waals surface area contributed by atoms with Gasteiger partial charge in [-0.05, 0) is 29.8 Å². The molecule has 0 saturated heterocycles. The number of hydrogen-bond acceptors (Lipinski definition) is 2. The fourth-order valence-electron chi connectivity index (χ4n) is 1.41. The second-order valence-electron chi connectivity index (χ2n) is 3.44. The summed E-state index contributed by atoms with van der Waals surface area (Å²) in [6.07, 6.45) is 1.98. The molecule has 0 aliphatic rings. The van der Waals surface area contributed by atoms with Crippen LogP contribution in [-0.4, -0.2) is 10.8 Å². The van der Waals surface area contributed by atoms with Crippen molar-refractivity contribution in [3.05, 3.63) is 64.9 Å². The van der Waals surface area contributed by atoms with Gasteiger partial charge in [0.25, 0.3) is 0 Å². The van der Waals surface area contributed by atoms with E-state index < -0.39 is 0 Å². The third-order valence-corrected chi connectivity index (χ3v) is 2.48. The lowest BCUT2D eigenvalue weighted by molar-refractivity contribution is 0.0988. The molecule has 3 heteroatoms. The SMILES string of the molecule is O=C(Cc1ccc(Cl)cc1)c1ccccn1. The summed E-state index contributed by atoms with van der Waals surface area (Å²) >= 11 is 5.77. The molecule has 0 unspecified atom stereocenters. The van der Waals surface area contributed by atoms with E-state index in [-0.39, 0.29) is 5.78 Å². The minimum Gasteiger partial charge on any atom is -0.292 e. The van der Waals surface area contributed by atoms with Crippen LogP contribution in [0.3, 0.4) is 0 Å². The average molecular weight is 232 g/mol. The Morgan fingerprint density at radius 1 is 1.12 bits per heavy atom. The van der Waals surface area contributed by atoms with Gasteiger partial charge in [-0.1, -0.05) is 29.8 Å². The summed E-state index contributed by atoms with van der Waals surface area (Å²) in [5.41, 5.74) is 1.44. The van der Waals surface area contributed by atoms with Crippen molar-refractivity contribution in [3.8, 4) is 0 Å². The van der Waals surface area contributed by atoms with Crippen LogP contribution in [0.25, 0.3) is 0 Å². The molecule has 0 bridgehead atoms. The molecule has 0 aliphatic heterocycles. The first-order valence-corrected chi connectivity index (χ1v) is 5.32. The summed E-state index contributed by atoms with van der Waals surface area (Å²) in [4.78, 5) is 15.8. The van der Waals surface area contributed by atoms with Gasteiger partial charge in [0.1, 0.15) is 5.69 Å². The van der Waals surface area contributed by atoms with Crippen LogP contribution in [0.15, 0.2) is 48.7 Å². The summed E-state index contributed by atoms with van der Waals surface area (Å²) < 4.78 is 0. The fourth-order valence-corrected chi connectivity index (χ4v) is 1.53. The molecule has 0 amide bonds. The maximum absolute atomic E-state index is 11.8. The first-order chi connectivity index (χ1) is 7.75. The normalized spacial score (nSPS) is 10.1. The average Bonchev–Trinajstić information content (AvgIpc) is 2.33. The molecule has 2 rings (SSSR count). The van der Waals surface area contributed by atoms with Gasteiger partial charge < -0.3 is 0 Å². The van der Waals surface area contributed by atoms with Gasteiger partial charge in [-0.3, -0.25) is 9.78 Å². The highest BCUT2D eigenvalue weighted by atomic mass is 35.5. The molecule has 2 aromatic rings. The smallest absolute Gasteiger partial charge is 0.185 e. The van der Waals surface area contributed by atoms with Gasteiger partial charge in [0.05, 0.1) is 0 Å². The van der Waals surface area contributed by atoms with Crippen LogP contribution in [0.5, 0.6) is 0 Å². The van der Waals surface area contributed by atoms with Crippen LogP contribution in [0.2, 0.25) is 5.02 Å². The molecule has 0 fully saturated rings. The van der Waals surface area contributed by atoms with Crippen LogP contribution in [0, 0.1) is 0 Å². The summed E-state index contributed by atoms with van der Waals surface area (Å²) in [5.74, 6) is 0.0166. The minimum absolute atomic E-state index is 0.0166. The van der Waals surface area contributed by atoms with E-state index >= 15 is 0 Å². The number of carbonyl (C=O) groups is 1. The first kappa shape index (κ1) is 10.8. The van der Waals surface area contributed by atoms with Crippen LogP contribution in [0.1, 0.15) is 16.1 Å². The molecule has 2 nitrogen and oxygen atoms in total. The summed E-state index contributed by atoms with van der Waals surface area (Å²) in [6.45, 7) is 0. The second kappa shape index (κ2) is 4.90. The maximum Gasteiger partial charge on any atom is 0.185 e. The van der Waals surface area contributed by atoms with Crippen LogP contribution < -0.4 is 0 Å². The molecular weight excluding hydrogens is 222 g/mol. The summed E-state index contributed by atoms with van der Waals surface area (Å²) in [5, 5.41) is 0.675. The highest BCUT2D eigenvalue weighted by Gasteiger charge is 2.07. The minimum atomic E-state index is 0.0166. The Hall–Kier alpha value is -1.67. The van der Waals surface area contributed by atoms with E-state index in [1.807, 2.05) is 18.2 Å². The molecule has 1 heterocycles. The summed E-state index contributed by atoms with van der Waals surface area (Å²) in [7, 11) is 0. The Labute approximate surface area is 98.9 Å². The molecule has 0 atom stereocenters. The molecule has 0 N–H and O–H groups in total. The topological polar surface area (TPSA) is 30.0 Å². The quantitative estimate of drug-likeness (QED) is 0.760. The fraction of sp³-hybridized carbons (Fsp3) is 0.0769. The zero-order valence-corrected chi connectivity index (χ0v) is 9.32. The standard InChI is InChI=1S/C13H10ClNO/c14-11-6-4-10(5-7-11)9-13(16)12-3-1-2-8-15-12/h1-8H,9H2. The van der Waals surface area contributed by atoms with Gasteiger partial charge in [-0.15, -0.1) is 0 Å². The Bertz CT molecular complexity index is 479. The molecule has 0 aliphatic carbocycles. The van der Waals surface area contributed by atoms with Gasteiger partial charge in [0, 0.05) is 17.6 Å². The van der Waals surface area contributed by atoms with Gasteiger partial charge in [-0.2, -0.15) is 0 Å². The zero-order valence-electron chi connectivity index (χ0n) is 8.56. The van der Waals surface area contributed by atoms with Crippen molar-refractivity contribution >= 4 is 17.4 Å². The third-order valence-electron chi connectivity index (χ3n) is 2.23. The monoisotopic (exact) mass is 231 g/mol. The Balaban J connectivity index is 2.11. The molecule has 80 valence electrons. The largest absolute Gasteiger partial charge is 0.292 e. The number of Topliss-reactive ketones (excluding diaryl/α,β-unsaturated/α-hetero) is 1. The molecule has 0 spiro atoms. The van der Waals surface area contributed by atoms with Crippen LogP contribution in [-0.2, 0) is 6.42 Å². The lowest BCUT2D eigenvalue weighted by Crippen LogP contribution is -2.05. The number of benzene rings is 1. The number of carbonyl (C=O) groups excluding carboxylic acids is 1. The molecule has 1 aromatic heterocycles.